The summed E-state index contributed by atoms with van der Waals surface area (Å²) in [6.45, 7) is 2.17. The summed E-state index contributed by atoms with van der Waals surface area (Å²) in [4.78, 5) is 29.9. The van der Waals surface area contributed by atoms with Crippen LogP contribution < -0.4 is 15.8 Å². The molecule has 0 radical (unpaired) electrons. The number of carbonyl (C=O) groups excluding carboxylic acids is 2. The van der Waals surface area contributed by atoms with Gasteiger partial charge in [-0.15, -0.1) is 0 Å². The highest BCUT2D eigenvalue weighted by molar-refractivity contribution is 8.77. The lowest BCUT2D eigenvalue weighted by Gasteiger charge is -2.42. The number of ketones is 2. The minimum atomic E-state index is -0.339. The maximum atomic E-state index is 12.7. The van der Waals surface area contributed by atoms with Gasteiger partial charge in [0.1, 0.15) is 5.78 Å². The lowest BCUT2D eigenvalue weighted by Crippen LogP contribution is -2.49. The minimum absolute atomic E-state index is 0.0276. The number of rotatable bonds is 4. The predicted molar refractivity (Wildman–Crippen MR) is 175 cm³/mol. The first-order valence-corrected chi connectivity index (χ1v) is 17.5. The molecule has 5 rings (SSSR count). The van der Waals surface area contributed by atoms with Crippen LogP contribution in [0.3, 0.4) is 0 Å². The van der Waals surface area contributed by atoms with E-state index in [2.05, 4.69) is 34.1 Å². The Kier molecular flexibility index (Phi) is 10.4. The summed E-state index contributed by atoms with van der Waals surface area (Å²) in [5.41, 5.74) is 10.4. The number of phenolic OH excluding ortho intramolecular Hbond substituents is 1. The second-order valence-electron chi connectivity index (χ2n) is 11.8. The third-order valence-corrected chi connectivity index (χ3v) is 12.0. The average molecular weight is 623 g/mol. The first-order chi connectivity index (χ1) is 20.8. The van der Waals surface area contributed by atoms with Crippen molar-refractivity contribution >= 4 is 39.2 Å². The lowest BCUT2D eigenvalue weighted by molar-refractivity contribution is -0.124. The van der Waals surface area contributed by atoms with E-state index in [-0.39, 0.29) is 40.7 Å². The van der Waals surface area contributed by atoms with Gasteiger partial charge in [-0.1, -0.05) is 59.9 Å². The van der Waals surface area contributed by atoms with Gasteiger partial charge in [-0.05, 0) is 72.1 Å². The number of nitrogens with zero attached hydrogens (tertiary/aromatic N) is 2. The molecule has 3 heterocycles. The number of nitrogens with two attached hydrogens (primary N) is 1. The first-order valence-electron chi connectivity index (χ1n) is 15.1. The summed E-state index contributed by atoms with van der Waals surface area (Å²) in [7, 11) is 5.25. The van der Waals surface area contributed by atoms with E-state index in [1.165, 1.54) is 13.2 Å². The second kappa shape index (κ2) is 14.2. The molecule has 1 aromatic carbocycles. The number of aromatic hydroxyl groups is 1. The van der Waals surface area contributed by atoms with Gasteiger partial charge in [0.05, 0.1) is 36.8 Å². The van der Waals surface area contributed by atoms with Gasteiger partial charge in [0.25, 0.3) is 0 Å². The number of carbonyl (C=O) groups is 2. The molecule has 1 aliphatic carbocycles. The summed E-state index contributed by atoms with van der Waals surface area (Å²) < 4.78 is 7.66. The summed E-state index contributed by atoms with van der Waals surface area (Å²) in [5, 5.41) is 14.2. The largest absolute Gasteiger partial charge is 0.504 e. The number of phenols is 1. The Bertz CT molecular complexity index is 1400. The maximum Gasteiger partial charge on any atom is 0.163 e. The van der Waals surface area contributed by atoms with Gasteiger partial charge in [-0.2, -0.15) is 0 Å². The van der Waals surface area contributed by atoms with Crippen molar-refractivity contribution in [3.05, 3.63) is 71.5 Å². The number of ether oxygens (including phenoxy) is 1. The van der Waals surface area contributed by atoms with Crippen molar-refractivity contribution in [2.45, 2.75) is 81.7 Å². The van der Waals surface area contributed by atoms with Crippen molar-refractivity contribution < 1.29 is 19.4 Å². The van der Waals surface area contributed by atoms with Crippen LogP contribution in [0.15, 0.2) is 60.4 Å². The van der Waals surface area contributed by atoms with Gasteiger partial charge >= 0.3 is 0 Å². The SMILES string of the molecule is CC[C@@H]1CCC(=O)CC(=O)/C=C/c2cc(OC)c(O)cc2CC2=CNC(N)C(=C2)[C@H](C2(n3ccnc3)CCCC2)SSC1. The summed E-state index contributed by atoms with van der Waals surface area (Å²) in [6, 6.07) is 3.42. The van der Waals surface area contributed by atoms with Crippen molar-refractivity contribution in [2.24, 2.45) is 11.7 Å². The number of hydrogen-bond donors (Lipinski definition) is 3. The Hall–Kier alpha value is -2.95. The standard InChI is InChI=1S/C33H42N4O4S2/c1-3-22-6-8-26(38)18-27(39)9-7-24-17-30(41-2)29(40)16-25(24)14-23-15-28(32(34)36-19-23)31(43-42-20-22)33(10-4-5-11-33)37-13-12-35-21-37/h7,9,12-13,15-17,19,21-22,31-32,36,40H,3-6,8,10-11,14,18,20,34H2,1-2H3/b9-7+/t22-,31-,32?/m1/s1. The van der Waals surface area contributed by atoms with Gasteiger partial charge in [-0.3, -0.25) is 9.59 Å². The zero-order valence-corrected chi connectivity index (χ0v) is 26.6. The molecule has 0 saturated heterocycles. The van der Waals surface area contributed by atoms with Gasteiger partial charge in [-0.25, -0.2) is 4.98 Å². The van der Waals surface area contributed by atoms with Crippen LogP contribution in [0, 0.1) is 5.92 Å². The van der Waals surface area contributed by atoms with Crippen molar-refractivity contribution in [1.82, 2.24) is 14.9 Å². The molecule has 3 aliphatic rings. The number of benzene rings is 1. The number of aromatic nitrogens is 2. The fraction of sp³-hybridized carbons (Fsp3) is 0.485. The molecular formula is C33H42N4O4S2. The van der Waals surface area contributed by atoms with Crippen molar-refractivity contribution in [3.63, 3.8) is 0 Å². The van der Waals surface area contributed by atoms with E-state index in [0.717, 1.165) is 66.6 Å². The highest BCUT2D eigenvalue weighted by atomic mass is 33.1. The molecule has 8 nitrogen and oxygen atoms in total. The zero-order chi connectivity index (χ0) is 30.4. The molecule has 230 valence electrons. The second-order valence-corrected chi connectivity index (χ2v) is 14.3. The third kappa shape index (κ3) is 7.24. The summed E-state index contributed by atoms with van der Waals surface area (Å²) in [5.74, 6) is 1.41. The molecule has 0 amide bonds. The maximum absolute atomic E-state index is 12.7. The fourth-order valence-corrected chi connectivity index (χ4v) is 10.2. The molecule has 3 atom stereocenters. The van der Waals surface area contributed by atoms with Gasteiger partial charge in [0.15, 0.2) is 17.3 Å². The van der Waals surface area contributed by atoms with E-state index in [1.807, 2.05) is 40.3 Å². The number of dihydropyridines is 1. The third-order valence-electron chi connectivity index (χ3n) is 8.97. The van der Waals surface area contributed by atoms with E-state index >= 15 is 0 Å². The van der Waals surface area contributed by atoms with Gasteiger partial charge < -0.3 is 25.5 Å². The highest BCUT2D eigenvalue weighted by Crippen LogP contribution is 2.51. The fourth-order valence-electron chi connectivity index (χ4n) is 6.42. The van der Waals surface area contributed by atoms with Crippen molar-refractivity contribution in [3.8, 4) is 11.5 Å². The predicted octanol–water partition coefficient (Wildman–Crippen LogP) is 5.92. The minimum Gasteiger partial charge on any atom is -0.504 e. The molecule has 2 bridgehead atoms. The number of Topliss-reactive ketones (excluding diaryl/α,β-unsaturated/α-hetero) is 1. The summed E-state index contributed by atoms with van der Waals surface area (Å²) >= 11 is 0. The van der Waals surface area contributed by atoms with E-state index < -0.39 is 0 Å². The van der Waals surface area contributed by atoms with Crippen LogP contribution in [0.2, 0.25) is 0 Å². The van der Waals surface area contributed by atoms with Crippen LogP contribution in [-0.2, 0) is 21.5 Å². The van der Waals surface area contributed by atoms with Crippen LogP contribution in [0.1, 0.15) is 69.4 Å². The number of fused-ring (bicyclic) bond motifs is 2. The molecule has 2 aliphatic heterocycles. The molecule has 1 aromatic heterocycles. The molecule has 1 unspecified atom stereocenters. The van der Waals surface area contributed by atoms with E-state index in [4.69, 9.17) is 10.5 Å². The average Bonchev–Trinajstić information content (AvgIpc) is 3.71. The molecule has 4 N–H and O–H groups in total. The molecule has 0 spiro atoms. The summed E-state index contributed by atoms with van der Waals surface area (Å²) in [6.07, 6.45) is 19.9. The first kappa shape index (κ1) is 31.5. The molecule has 1 fully saturated rings. The number of methoxy groups -OCH3 is 1. The van der Waals surface area contributed by atoms with Gasteiger partial charge in [0, 0.05) is 30.8 Å². The number of allylic oxidation sites excluding steroid dienone is 3. The molecular weight excluding hydrogens is 581 g/mol. The van der Waals surface area contributed by atoms with Crippen LogP contribution in [-0.4, -0.2) is 50.5 Å². The monoisotopic (exact) mass is 622 g/mol. The molecule has 1 saturated carbocycles. The lowest BCUT2D eigenvalue weighted by atomic mass is 9.84. The van der Waals surface area contributed by atoms with E-state index in [1.54, 1.807) is 18.2 Å². The van der Waals surface area contributed by atoms with Gasteiger partial charge in [0.2, 0.25) is 0 Å². The Morgan fingerprint density at radius 3 is 2.74 bits per heavy atom. The van der Waals surface area contributed by atoms with Crippen LogP contribution in [0.25, 0.3) is 6.08 Å². The normalized spacial score (nSPS) is 25.9. The molecule has 43 heavy (non-hydrogen) atoms. The quantitative estimate of drug-likeness (QED) is 0.282. The van der Waals surface area contributed by atoms with Crippen LogP contribution in [0.5, 0.6) is 11.5 Å². The Morgan fingerprint density at radius 2 is 2.02 bits per heavy atom. The molecule has 2 aromatic rings. The number of imidazole rings is 1. The van der Waals surface area contributed by atoms with E-state index in [9.17, 15) is 14.7 Å². The Morgan fingerprint density at radius 1 is 1.21 bits per heavy atom. The zero-order valence-electron chi connectivity index (χ0n) is 25.0. The van der Waals surface area contributed by atoms with Crippen LogP contribution in [0.4, 0.5) is 0 Å². The van der Waals surface area contributed by atoms with Crippen LogP contribution >= 0.6 is 21.6 Å². The highest BCUT2D eigenvalue weighted by Gasteiger charge is 2.46. The Balaban J connectivity index is 1.57. The van der Waals surface area contributed by atoms with Crippen molar-refractivity contribution in [2.75, 3.05) is 12.9 Å². The number of nitrogens with one attached hydrogen (secondary N) is 1. The number of hydrogen-bond acceptors (Lipinski definition) is 9. The molecule has 10 heteroatoms. The topological polar surface area (TPSA) is 119 Å². The smallest absolute Gasteiger partial charge is 0.163 e. The Labute approximate surface area is 262 Å². The van der Waals surface area contributed by atoms with E-state index in [0.29, 0.717) is 24.5 Å². The van der Waals surface area contributed by atoms with Crippen molar-refractivity contribution in [1.29, 1.82) is 0 Å².